The molecule has 0 atom stereocenters. The molecule has 0 saturated heterocycles. The molecule has 32 heavy (non-hydrogen) atoms. The standard InChI is InChI=1S/C26H30O6/c27-25(29-19-11-3-1-4-12-19)21-15-7-9-17-23(21)31-32-24-18-10-8-16-22(24)26(28)30-20-13-5-2-6-14-20/h7-10,15-20H,1-6,11-14H2. The maximum absolute atomic E-state index is 12.7. The minimum Gasteiger partial charge on any atom is -0.459 e. The Morgan fingerprint density at radius 3 is 1.34 bits per heavy atom. The molecular formula is C26H30O6. The number of para-hydroxylation sites is 2. The van der Waals surface area contributed by atoms with Gasteiger partial charge in [-0.1, -0.05) is 37.1 Å². The Bertz CT molecular complexity index is 837. The largest absolute Gasteiger partial charge is 0.459 e. The van der Waals surface area contributed by atoms with E-state index in [1.807, 2.05) is 0 Å². The molecule has 0 spiro atoms. The second-order valence-corrected chi connectivity index (χ2v) is 8.49. The van der Waals surface area contributed by atoms with Gasteiger partial charge in [0.25, 0.3) is 0 Å². The van der Waals surface area contributed by atoms with Gasteiger partial charge in [0, 0.05) is 0 Å². The lowest BCUT2D eigenvalue weighted by Gasteiger charge is -2.22. The highest BCUT2D eigenvalue weighted by Crippen LogP contribution is 2.27. The SMILES string of the molecule is O=C(OC1CCCCC1)c1ccccc1OOc1ccccc1C(=O)OC1CCCCC1. The van der Waals surface area contributed by atoms with Crippen molar-refractivity contribution in [2.24, 2.45) is 0 Å². The molecule has 0 radical (unpaired) electrons. The number of rotatable bonds is 7. The molecule has 2 aliphatic rings. The molecule has 0 amide bonds. The maximum atomic E-state index is 12.7. The zero-order chi connectivity index (χ0) is 22.2. The van der Waals surface area contributed by atoms with E-state index in [1.54, 1.807) is 48.5 Å². The van der Waals surface area contributed by atoms with Crippen LogP contribution in [0.2, 0.25) is 0 Å². The molecule has 0 aromatic heterocycles. The summed E-state index contributed by atoms with van der Waals surface area (Å²) < 4.78 is 11.3. The average molecular weight is 439 g/mol. The Morgan fingerprint density at radius 2 is 0.938 bits per heavy atom. The third-order valence-electron chi connectivity index (χ3n) is 6.09. The highest BCUT2D eigenvalue weighted by molar-refractivity contribution is 5.93. The molecule has 4 rings (SSSR count). The quantitative estimate of drug-likeness (QED) is 0.298. The topological polar surface area (TPSA) is 71.1 Å². The van der Waals surface area contributed by atoms with E-state index in [2.05, 4.69) is 0 Å². The average Bonchev–Trinajstić information content (AvgIpc) is 2.84. The summed E-state index contributed by atoms with van der Waals surface area (Å²) in [4.78, 5) is 36.4. The first-order valence-corrected chi connectivity index (χ1v) is 11.7. The van der Waals surface area contributed by atoms with Crippen LogP contribution in [0.5, 0.6) is 11.5 Å². The summed E-state index contributed by atoms with van der Waals surface area (Å²) in [5.74, 6) is -0.380. The van der Waals surface area contributed by atoms with E-state index < -0.39 is 11.9 Å². The van der Waals surface area contributed by atoms with Crippen LogP contribution in [0.15, 0.2) is 48.5 Å². The first kappa shape index (κ1) is 22.2. The van der Waals surface area contributed by atoms with Crippen LogP contribution >= 0.6 is 0 Å². The predicted octanol–water partition coefficient (Wildman–Crippen LogP) is 6.04. The van der Waals surface area contributed by atoms with Crippen molar-refractivity contribution in [3.63, 3.8) is 0 Å². The first-order chi connectivity index (χ1) is 15.7. The summed E-state index contributed by atoms with van der Waals surface area (Å²) >= 11 is 0. The van der Waals surface area contributed by atoms with Crippen LogP contribution in [-0.2, 0) is 9.47 Å². The minimum absolute atomic E-state index is 0.0551. The van der Waals surface area contributed by atoms with E-state index in [-0.39, 0.29) is 23.7 Å². The number of carbonyl (C=O) groups excluding carboxylic acids is 2. The van der Waals surface area contributed by atoms with Gasteiger partial charge in [-0.25, -0.2) is 9.59 Å². The van der Waals surface area contributed by atoms with Crippen molar-refractivity contribution in [3.8, 4) is 11.5 Å². The summed E-state index contributed by atoms with van der Waals surface area (Å²) in [5.41, 5.74) is 0.584. The maximum Gasteiger partial charge on any atom is 0.342 e. The fraction of sp³-hybridized carbons (Fsp3) is 0.462. The van der Waals surface area contributed by atoms with Gasteiger partial charge in [0.05, 0.1) is 0 Å². The van der Waals surface area contributed by atoms with Gasteiger partial charge in [-0.2, -0.15) is 0 Å². The number of carbonyl (C=O) groups is 2. The molecule has 170 valence electrons. The molecule has 2 aromatic rings. The van der Waals surface area contributed by atoms with Crippen LogP contribution in [0.4, 0.5) is 0 Å². The zero-order valence-corrected chi connectivity index (χ0v) is 18.3. The molecule has 2 saturated carbocycles. The van der Waals surface area contributed by atoms with E-state index >= 15 is 0 Å². The molecule has 6 heteroatoms. The molecule has 2 fully saturated rings. The van der Waals surface area contributed by atoms with Gasteiger partial charge in [-0.15, -0.1) is 0 Å². The number of esters is 2. The highest BCUT2D eigenvalue weighted by Gasteiger charge is 2.24. The molecule has 0 heterocycles. The van der Waals surface area contributed by atoms with Crippen LogP contribution < -0.4 is 9.78 Å². The normalized spacial score (nSPS) is 17.4. The first-order valence-electron chi connectivity index (χ1n) is 11.7. The van der Waals surface area contributed by atoms with Gasteiger partial charge >= 0.3 is 11.9 Å². The van der Waals surface area contributed by atoms with Crippen molar-refractivity contribution in [2.45, 2.75) is 76.4 Å². The Morgan fingerprint density at radius 1 is 0.562 bits per heavy atom. The number of benzene rings is 2. The Labute approximate surface area is 188 Å². The van der Waals surface area contributed by atoms with Crippen LogP contribution in [-0.4, -0.2) is 24.1 Å². The van der Waals surface area contributed by atoms with Crippen molar-refractivity contribution in [1.29, 1.82) is 0 Å². The molecule has 2 aromatic carbocycles. The zero-order valence-electron chi connectivity index (χ0n) is 18.3. The number of hydrogen-bond acceptors (Lipinski definition) is 6. The smallest absolute Gasteiger partial charge is 0.342 e. The second-order valence-electron chi connectivity index (χ2n) is 8.49. The molecule has 6 nitrogen and oxygen atoms in total. The van der Waals surface area contributed by atoms with Gasteiger partial charge in [-0.3, -0.25) is 9.78 Å². The van der Waals surface area contributed by atoms with E-state index in [1.165, 1.54) is 12.8 Å². The Hall–Kier alpha value is -3.02. The molecule has 0 N–H and O–H groups in total. The predicted molar refractivity (Wildman–Crippen MR) is 119 cm³/mol. The fourth-order valence-electron chi connectivity index (χ4n) is 4.30. The summed E-state index contributed by atoms with van der Waals surface area (Å²) in [5, 5.41) is 0. The third kappa shape index (κ3) is 5.81. The van der Waals surface area contributed by atoms with Crippen molar-refractivity contribution < 1.29 is 28.8 Å². The van der Waals surface area contributed by atoms with E-state index in [9.17, 15) is 9.59 Å². The van der Waals surface area contributed by atoms with E-state index in [0.29, 0.717) is 11.1 Å². The fourth-order valence-corrected chi connectivity index (χ4v) is 4.30. The van der Waals surface area contributed by atoms with Crippen LogP contribution in [0.25, 0.3) is 0 Å². The van der Waals surface area contributed by atoms with Gasteiger partial charge in [-0.05, 0) is 75.6 Å². The van der Waals surface area contributed by atoms with Gasteiger partial charge in [0.15, 0.2) is 11.5 Å². The summed E-state index contributed by atoms with van der Waals surface area (Å²) in [7, 11) is 0. The lowest BCUT2D eigenvalue weighted by molar-refractivity contribution is -0.102. The Balaban J connectivity index is 1.41. The summed E-state index contributed by atoms with van der Waals surface area (Å²) in [6.07, 6.45) is 10.1. The van der Waals surface area contributed by atoms with Crippen molar-refractivity contribution >= 4 is 11.9 Å². The molecular weight excluding hydrogens is 408 g/mol. The Kier molecular flexibility index (Phi) is 7.64. The molecule has 0 aliphatic heterocycles. The molecule has 2 aliphatic carbocycles. The van der Waals surface area contributed by atoms with Crippen LogP contribution in [0.1, 0.15) is 84.9 Å². The summed E-state index contributed by atoms with van der Waals surface area (Å²) in [6, 6.07) is 13.6. The minimum atomic E-state index is -0.430. The summed E-state index contributed by atoms with van der Waals surface area (Å²) in [6.45, 7) is 0. The number of hydrogen-bond donors (Lipinski definition) is 0. The van der Waals surface area contributed by atoms with Gasteiger partial charge in [0.1, 0.15) is 23.3 Å². The third-order valence-corrected chi connectivity index (χ3v) is 6.09. The van der Waals surface area contributed by atoms with Gasteiger partial charge in [0.2, 0.25) is 0 Å². The van der Waals surface area contributed by atoms with E-state index in [0.717, 1.165) is 51.4 Å². The lowest BCUT2D eigenvalue weighted by atomic mass is 9.98. The lowest BCUT2D eigenvalue weighted by Crippen LogP contribution is -2.22. The highest BCUT2D eigenvalue weighted by atomic mass is 17.2. The molecule has 0 unspecified atom stereocenters. The van der Waals surface area contributed by atoms with Crippen molar-refractivity contribution in [3.05, 3.63) is 59.7 Å². The second kappa shape index (κ2) is 11.0. The van der Waals surface area contributed by atoms with Crippen LogP contribution in [0.3, 0.4) is 0 Å². The van der Waals surface area contributed by atoms with E-state index in [4.69, 9.17) is 19.2 Å². The van der Waals surface area contributed by atoms with Gasteiger partial charge < -0.3 is 9.47 Å². The monoisotopic (exact) mass is 438 g/mol. The van der Waals surface area contributed by atoms with Crippen LogP contribution in [0, 0.1) is 0 Å². The van der Waals surface area contributed by atoms with Crippen molar-refractivity contribution in [1.82, 2.24) is 0 Å². The van der Waals surface area contributed by atoms with Crippen molar-refractivity contribution in [2.75, 3.05) is 0 Å². The number of ether oxygens (including phenoxy) is 2. The molecule has 0 bridgehead atoms.